The summed E-state index contributed by atoms with van der Waals surface area (Å²) < 4.78 is 18.9. The maximum absolute atomic E-state index is 13.5. The summed E-state index contributed by atoms with van der Waals surface area (Å²) in [7, 11) is 0. The van der Waals surface area contributed by atoms with Crippen LogP contribution in [0.4, 0.5) is 4.39 Å². The van der Waals surface area contributed by atoms with Crippen LogP contribution in [0.3, 0.4) is 0 Å². The predicted molar refractivity (Wildman–Crippen MR) is 66.7 cm³/mol. The Hall–Kier alpha value is -1.42. The second kappa shape index (κ2) is 5.06. The lowest BCUT2D eigenvalue weighted by Gasteiger charge is -2.42. The molecule has 0 N–H and O–H groups in total. The lowest BCUT2D eigenvalue weighted by Crippen LogP contribution is -2.55. The van der Waals surface area contributed by atoms with Gasteiger partial charge in [-0.25, -0.2) is 4.39 Å². The summed E-state index contributed by atoms with van der Waals surface area (Å²) in [6.45, 7) is 5.57. The minimum absolute atomic E-state index is 0.0478. The third-order valence-corrected chi connectivity index (χ3v) is 3.25. The summed E-state index contributed by atoms with van der Waals surface area (Å²) in [6, 6.07) is 6.41. The standard InChI is InChI=1S/C14H18FNO2/c1-14(2)10-18-8-7-16(14)13(17)9-11-5-3-4-6-12(11)15/h3-6H,7-10H2,1-2H3. The maximum Gasteiger partial charge on any atom is 0.227 e. The molecule has 98 valence electrons. The Bertz CT molecular complexity index is 445. The van der Waals surface area contributed by atoms with Crippen molar-refractivity contribution in [2.45, 2.75) is 25.8 Å². The van der Waals surface area contributed by atoms with E-state index >= 15 is 0 Å². The van der Waals surface area contributed by atoms with Gasteiger partial charge < -0.3 is 9.64 Å². The lowest BCUT2D eigenvalue weighted by molar-refractivity contribution is -0.145. The Balaban J connectivity index is 2.10. The minimum atomic E-state index is -0.322. The first kappa shape index (κ1) is 13.0. The fourth-order valence-electron chi connectivity index (χ4n) is 2.22. The van der Waals surface area contributed by atoms with Crippen LogP contribution in [0, 0.1) is 5.82 Å². The van der Waals surface area contributed by atoms with Gasteiger partial charge in [0.1, 0.15) is 5.82 Å². The van der Waals surface area contributed by atoms with Gasteiger partial charge in [0.2, 0.25) is 5.91 Å². The summed E-state index contributed by atoms with van der Waals surface area (Å²) in [6.07, 6.45) is 0.107. The summed E-state index contributed by atoms with van der Waals surface area (Å²) in [4.78, 5) is 14.0. The number of ether oxygens (including phenoxy) is 1. The number of amides is 1. The van der Waals surface area contributed by atoms with Gasteiger partial charge in [0, 0.05) is 6.54 Å². The number of nitrogens with zero attached hydrogens (tertiary/aromatic N) is 1. The third-order valence-electron chi connectivity index (χ3n) is 3.25. The number of hydrogen-bond donors (Lipinski definition) is 0. The first-order valence-corrected chi connectivity index (χ1v) is 6.12. The molecule has 1 heterocycles. The predicted octanol–water partition coefficient (Wildman–Crippen LogP) is 2.01. The van der Waals surface area contributed by atoms with E-state index in [9.17, 15) is 9.18 Å². The SMILES string of the molecule is CC1(C)COCCN1C(=O)Cc1ccccc1F. The molecule has 0 spiro atoms. The summed E-state index contributed by atoms with van der Waals surface area (Å²) in [5.74, 6) is -0.370. The van der Waals surface area contributed by atoms with Crippen molar-refractivity contribution >= 4 is 5.91 Å². The van der Waals surface area contributed by atoms with Gasteiger partial charge in [-0.1, -0.05) is 18.2 Å². The van der Waals surface area contributed by atoms with Crippen molar-refractivity contribution in [3.05, 3.63) is 35.6 Å². The molecule has 1 aromatic carbocycles. The van der Waals surface area contributed by atoms with E-state index in [-0.39, 0.29) is 23.7 Å². The van der Waals surface area contributed by atoms with E-state index in [0.717, 1.165) is 0 Å². The van der Waals surface area contributed by atoms with Crippen molar-refractivity contribution < 1.29 is 13.9 Å². The van der Waals surface area contributed by atoms with E-state index in [1.807, 2.05) is 13.8 Å². The van der Waals surface area contributed by atoms with Crippen molar-refractivity contribution in [2.75, 3.05) is 19.8 Å². The molecule has 1 aromatic rings. The summed E-state index contributed by atoms with van der Waals surface area (Å²) in [5, 5.41) is 0. The number of halogens is 1. The Morgan fingerprint density at radius 3 is 2.83 bits per heavy atom. The van der Waals surface area contributed by atoms with E-state index in [1.54, 1.807) is 23.1 Å². The van der Waals surface area contributed by atoms with Gasteiger partial charge in [0.25, 0.3) is 0 Å². The normalized spacial score (nSPS) is 18.7. The van der Waals surface area contributed by atoms with Crippen molar-refractivity contribution in [2.24, 2.45) is 0 Å². The average Bonchev–Trinajstić information content (AvgIpc) is 2.31. The minimum Gasteiger partial charge on any atom is -0.377 e. The molecular formula is C14H18FNO2. The van der Waals surface area contributed by atoms with E-state index in [1.165, 1.54) is 6.07 Å². The van der Waals surface area contributed by atoms with Crippen LogP contribution >= 0.6 is 0 Å². The number of hydrogen-bond acceptors (Lipinski definition) is 2. The van der Waals surface area contributed by atoms with E-state index < -0.39 is 0 Å². The van der Waals surface area contributed by atoms with Crippen molar-refractivity contribution in [3.63, 3.8) is 0 Å². The topological polar surface area (TPSA) is 29.5 Å². The molecule has 0 bridgehead atoms. The molecule has 1 aliphatic heterocycles. The third kappa shape index (κ3) is 2.70. The summed E-state index contributed by atoms with van der Waals surface area (Å²) in [5.41, 5.74) is 0.130. The van der Waals surface area contributed by atoms with Gasteiger partial charge in [-0.2, -0.15) is 0 Å². The van der Waals surface area contributed by atoms with Crippen LogP contribution in [0.25, 0.3) is 0 Å². The molecule has 4 heteroatoms. The van der Waals surface area contributed by atoms with E-state index in [2.05, 4.69) is 0 Å². The Morgan fingerprint density at radius 1 is 1.44 bits per heavy atom. The number of morpholine rings is 1. The molecule has 0 aliphatic carbocycles. The van der Waals surface area contributed by atoms with Crippen LogP contribution in [0.2, 0.25) is 0 Å². The monoisotopic (exact) mass is 251 g/mol. The fourth-order valence-corrected chi connectivity index (χ4v) is 2.22. The number of rotatable bonds is 2. The first-order chi connectivity index (χ1) is 8.50. The highest BCUT2D eigenvalue weighted by Crippen LogP contribution is 2.20. The second-order valence-electron chi connectivity index (χ2n) is 5.18. The second-order valence-corrected chi connectivity index (χ2v) is 5.18. The zero-order valence-corrected chi connectivity index (χ0v) is 10.8. The van der Waals surface area contributed by atoms with Gasteiger partial charge in [-0.15, -0.1) is 0 Å². The van der Waals surface area contributed by atoms with Crippen molar-refractivity contribution in [3.8, 4) is 0 Å². The molecular weight excluding hydrogens is 233 g/mol. The van der Waals surface area contributed by atoms with Crippen LogP contribution in [0.15, 0.2) is 24.3 Å². The summed E-state index contributed by atoms with van der Waals surface area (Å²) >= 11 is 0. The smallest absolute Gasteiger partial charge is 0.227 e. The lowest BCUT2D eigenvalue weighted by atomic mass is 10.0. The van der Waals surface area contributed by atoms with Gasteiger partial charge in [0.15, 0.2) is 0 Å². The molecule has 0 saturated carbocycles. The van der Waals surface area contributed by atoms with E-state index in [0.29, 0.717) is 25.3 Å². The van der Waals surface area contributed by atoms with Gasteiger partial charge >= 0.3 is 0 Å². The molecule has 0 atom stereocenters. The molecule has 18 heavy (non-hydrogen) atoms. The molecule has 3 nitrogen and oxygen atoms in total. The number of carbonyl (C=O) groups excluding carboxylic acids is 1. The highest BCUT2D eigenvalue weighted by Gasteiger charge is 2.33. The van der Waals surface area contributed by atoms with Gasteiger partial charge in [-0.3, -0.25) is 4.79 Å². The van der Waals surface area contributed by atoms with Crippen LogP contribution in [0.5, 0.6) is 0 Å². The number of carbonyl (C=O) groups is 1. The Kier molecular flexibility index (Phi) is 3.66. The molecule has 1 amide bonds. The zero-order chi connectivity index (χ0) is 13.2. The molecule has 0 aromatic heterocycles. The highest BCUT2D eigenvalue weighted by atomic mass is 19.1. The largest absolute Gasteiger partial charge is 0.377 e. The van der Waals surface area contributed by atoms with Crippen LogP contribution in [-0.4, -0.2) is 36.1 Å². The Labute approximate surface area is 107 Å². The molecule has 2 rings (SSSR count). The van der Waals surface area contributed by atoms with Crippen molar-refractivity contribution in [1.82, 2.24) is 4.90 Å². The van der Waals surface area contributed by atoms with Gasteiger partial charge in [0.05, 0.1) is 25.2 Å². The van der Waals surface area contributed by atoms with Crippen molar-refractivity contribution in [1.29, 1.82) is 0 Å². The molecule has 0 radical (unpaired) electrons. The molecule has 1 saturated heterocycles. The quantitative estimate of drug-likeness (QED) is 0.804. The highest BCUT2D eigenvalue weighted by molar-refractivity contribution is 5.79. The van der Waals surface area contributed by atoms with Gasteiger partial charge in [-0.05, 0) is 25.5 Å². The fraction of sp³-hybridized carbons (Fsp3) is 0.500. The van der Waals surface area contributed by atoms with Crippen LogP contribution in [0.1, 0.15) is 19.4 Å². The first-order valence-electron chi connectivity index (χ1n) is 6.12. The maximum atomic E-state index is 13.5. The number of benzene rings is 1. The molecule has 0 unspecified atom stereocenters. The van der Waals surface area contributed by atoms with E-state index in [4.69, 9.17) is 4.74 Å². The Morgan fingerprint density at radius 2 is 2.17 bits per heavy atom. The van der Waals surface area contributed by atoms with Crippen LogP contribution < -0.4 is 0 Å². The average molecular weight is 251 g/mol. The zero-order valence-electron chi connectivity index (χ0n) is 10.8. The van der Waals surface area contributed by atoms with Crippen LogP contribution in [-0.2, 0) is 16.0 Å². The molecule has 1 fully saturated rings. The molecule has 1 aliphatic rings.